The molecule has 1 aliphatic carbocycles. The minimum atomic E-state index is -3.99. The third-order valence-corrected chi connectivity index (χ3v) is 6.45. The average Bonchev–Trinajstić information content (AvgIpc) is 3.45. The number of carbonyl (C=O) groups excluding carboxylic acids is 2. The van der Waals surface area contributed by atoms with Gasteiger partial charge in [0, 0.05) is 5.69 Å². The fourth-order valence-corrected chi connectivity index (χ4v) is 4.56. The van der Waals surface area contributed by atoms with Gasteiger partial charge in [-0.3, -0.25) is 9.59 Å². The molecule has 0 spiro atoms. The molecule has 154 valence electrons. The number of para-hydroxylation sites is 1. The lowest BCUT2D eigenvalue weighted by Gasteiger charge is -2.15. The van der Waals surface area contributed by atoms with Crippen LogP contribution in [0.5, 0.6) is 0 Å². The Morgan fingerprint density at radius 3 is 2.38 bits per heavy atom. The van der Waals surface area contributed by atoms with E-state index in [4.69, 9.17) is 0 Å². The van der Waals surface area contributed by atoms with E-state index >= 15 is 0 Å². The molecule has 1 unspecified atom stereocenters. The Balaban J connectivity index is 1.77. The molecule has 2 N–H and O–H groups in total. The fourth-order valence-electron chi connectivity index (χ4n) is 2.77. The van der Waals surface area contributed by atoms with E-state index in [2.05, 4.69) is 10.6 Å². The fraction of sp³-hybridized carbons (Fsp3) is 0.300. The molecule has 9 heteroatoms. The van der Waals surface area contributed by atoms with Crippen LogP contribution in [0.15, 0.2) is 47.4 Å². The monoisotopic (exact) mass is 422 g/mol. The lowest BCUT2D eigenvalue weighted by atomic mass is 10.1. The molecule has 0 bridgehead atoms. The zero-order chi connectivity index (χ0) is 21.2. The van der Waals surface area contributed by atoms with Gasteiger partial charge in [0.25, 0.3) is 5.91 Å². The summed E-state index contributed by atoms with van der Waals surface area (Å²) in [6.07, 6.45) is 1.48. The van der Waals surface area contributed by atoms with E-state index in [1.54, 1.807) is 30.3 Å². The van der Waals surface area contributed by atoms with Crippen molar-refractivity contribution in [3.8, 4) is 0 Å². The summed E-state index contributed by atoms with van der Waals surface area (Å²) in [5.74, 6) is -4.74. The maximum atomic E-state index is 14.8. The Morgan fingerprint density at radius 2 is 1.76 bits per heavy atom. The van der Waals surface area contributed by atoms with Crippen molar-refractivity contribution in [1.82, 2.24) is 5.32 Å². The molecule has 1 saturated carbocycles. The van der Waals surface area contributed by atoms with Crippen LogP contribution < -0.4 is 10.6 Å². The average molecular weight is 422 g/mol. The first-order valence-corrected chi connectivity index (χ1v) is 10.7. The second-order valence-corrected chi connectivity index (χ2v) is 9.01. The van der Waals surface area contributed by atoms with Gasteiger partial charge in [0.15, 0.2) is 15.7 Å². The number of benzene rings is 2. The Labute approximate surface area is 167 Å². The second kappa shape index (κ2) is 8.28. The SMILES string of the molecule is CC(NC(=O)c1c(F)ccc(S(=O)(=O)CC2CC2)c1F)C(=O)Nc1ccccc1. The predicted molar refractivity (Wildman–Crippen MR) is 103 cm³/mol. The van der Waals surface area contributed by atoms with Gasteiger partial charge < -0.3 is 10.6 Å². The van der Waals surface area contributed by atoms with Gasteiger partial charge in [0.2, 0.25) is 5.91 Å². The number of carbonyl (C=O) groups is 2. The summed E-state index contributed by atoms with van der Waals surface area (Å²) in [5.41, 5.74) is -0.537. The van der Waals surface area contributed by atoms with Gasteiger partial charge >= 0.3 is 0 Å². The minimum absolute atomic E-state index is 0.0385. The lowest BCUT2D eigenvalue weighted by molar-refractivity contribution is -0.117. The number of halogens is 2. The smallest absolute Gasteiger partial charge is 0.257 e. The summed E-state index contributed by atoms with van der Waals surface area (Å²) in [6, 6.07) is 8.90. The molecule has 29 heavy (non-hydrogen) atoms. The number of hydrogen-bond donors (Lipinski definition) is 2. The summed E-state index contributed by atoms with van der Waals surface area (Å²) in [5, 5.41) is 4.76. The quantitative estimate of drug-likeness (QED) is 0.671. The van der Waals surface area contributed by atoms with Gasteiger partial charge in [-0.25, -0.2) is 17.2 Å². The Kier molecular flexibility index (Phi) is 5.97. The van der Waals surface area contributed by atoms with Crippen LogP contribution in [0.2, 0.25) is 0 Å². The topological polar surface area (TPSA) is 92.3 Å². The van der Waals surface area contributed by atoms with Crippen molar-refractivity contribution in [2.24, 2.45) is 5.92 Å². The highest BCUT2D eigenvalue weighted by Crippen LogP contribution is 2.33. The van der Waals surface area contributed by atoms with Crippen molar-refractivity contribution >= 4 is 27.3 Å². The summed E-state index contributed by atoms with van der Waals surface area (Å²) >= 11 is 0. The molecule has 0 aromatic heterocycles. The first-order valence-electron chi connectivity index (χ1n) is 9.06. The maximum Gasteiger partial charge on any atom is 0.257 e. The second-order valence-electron chi connectivity index (χ2n) is 7.01. The van der Waals surface area contributed by atoms with E-state index in [9.17, 15) is 26.8 Å². The molecule has 6 nitrogen and oxygen atoms in total. The van der Waals surface area contributed by atoms with Gasteiger partial charge in [-0.05, 0) is 49.9 Å². The summed E-state index contributed by atoms with van der Waals surface area (Å²) in [7, 11) is -3.99. The van der Waals surface area contributed by atoms with Crippen LogP contribution in [0.25, 0.3) is 0 Å². The molecule has 1 aliphatic rings. The van der Waals surface area contributed by atoms with Crippen molar-refractivity contribution < 1.29 is 26.8 Å². The molecule has 3 rings (SSSR count). The van der Waals surface area contributed by atoms with Gasteiger partial charge in [0.1, 0.15) is 22.3 Å². The molecule has 1 atom stereocenters. The van der Waals surface area contributed by atoms with Crippen LogP contribution >= 0.6 is 0 Å². The van der Waals surface area contributed by atoms with E-state index in [1.807, 2.05) is 0 Å². The van der Waals surface area contributed by atoms with Gasteiger partial charge in [0.05, 0.1) is 5.75 Å². The Morgan fingerprint density at radius 1 is 1.10 bits per heavy atom. The predicted octanol–water partition coefficient (Wildman–Crippen LogP) is 2.91. The zero-order valence-electron chi connectivity index (χ0n) is 15.6. The molecule has 0 saturated heterocycles. The minimum Gasteiger partial charge on any atom is -0.340 e. The van der Waals surface area contributed by atoms with E-state index in [-0.39, 0.29) is 11.7 Å². The van der Waals surface area contributed by atoms with Crippen LogP contribution in [0.1, 0.15) is 30.1 Å². The third-order valence-electron chi connectivity index (χ3n) is 4.55. The highest BCUT2D eigenvalue weighted by atomic mass is 32.2. The summed E-state index contributed by atoms with van der Waals surface area (Å²) in [6.45, 7) is 1.35. The molecule has 0 radical (unpaired) electrons. The van der Waals surface area contributed by atoms with E-state index in [0.717, 1.165) is 25.0 Å². The standard InChI is InChI=1S/C20H20F2N2O4S/c1-12(19(25)24-14-5-3-2-4-6-14)23-20(26)17-15(21)9-10-16(18(17)22)29(27,28)11-13-7-8-13/h2-6,9-10,12-13H,7-8,11H2,1H3,(H,23,26)(H,24,25). The number of anilines is 1. The molecule has 2 amide bonds. The van der Waals surface area contributed by atoms with Crippen LogP contribution in [0.3, 0.4) is 0 Å². The normalized spacial score (nSPS) is 14.9. The van der Waals surface area contributed by atoms with E-state index in [1.165, 1.54) is 6.92 Å². The summed E-state index contributed by atoms with van der Waals surface area (Å²) < 4.78 is 53.6. The number of hydrogen-bond acceptors (Lipinski definition) is 4. The van der Waals surface area contributed by atoms with Crippen LogP contribution in [0.4, 0.5) is 14.5 Å². The highest BCUT2D eigenvalue weighted by Gasteiger charge is 2.33. The molecule has 0 aliphatic heterocycles. The van der Waals surface area contributed by atoms with E-state index in [0.29, 0.717) is 5.69 Å². The van der Waals surface area contributed by atoms with Crippen molar-refractivity contribution in [2.75, 3.05) is 11.1 Å². The number of amides is 2. The number of rotatable bonds is 7. The summed E-state index contributed by atoms with van der Waals surface area (Å²) in [4.78, 5) is 23.9. The maximum absolute atomic E-state index is 14.8. The van der Waals surface area contributed by atoms with Crippen molar-refractivity contribution in [1.29, 1.82) is 0 Å². The number of sulfone groups is 1. The van der Waals surface area contributed by atoms with E-state index < -0.39 is 49.8 Å². The Hall–Kier alpha value is -2.81. The molecule has 0 heterocycles. The van der Waals surface area contributed by atoms with Crippen LogP contribution in [-0.4, -0.2) is 32.0 Å². The first-order chi connectivity index (χ1) is 13.7. The Bertz CT molecular complexity index is 1040. The lowest BCUT2D eigenvalue weighted by Crippen LogP contribution is -2.42. The van der Waals surface area contributed by atoms with Crippen molar-refractivity contribution in [2.45, 2.75) is 30.7 Å². The number of nitrogens with one attached hydrogen (secondary N) is 2. The highest BCUT2D eigenvalue weighted by molar-refractivity contribution is 7.91. The van der Waals surface area contributed by atoms with Crippen molar-refractivity contribution in [3.63, 3.8) is 0 Å². The third kappa shape index (κ3) is 4.97. The molecule has 1 fully saturated rings. The van der Waals surface area contributed by atoms with Crippen LogP contribution in [0, 0.1) is 17.6 Å². The van der Waals surface area contributed by atoms with Crippen LogP contribution in [-0.2, 0) is 14.6 Å². The zero-order valence-corrected chi connectivity index (χ0v) is 16.4. The molecule has 2 aromatic rings. The molecular weight excluding hydrogens is 402 g/mol. The molecule has 2 aromatic carbocycles. The van der Waals surface area contributed by atoms with Crippen molar-refractivity contribution in [3.05, 3.63) is 59.7 Å². The largest absolute Gasteiger partial charge is 0.340 e. The van der Waals surface area contributed by atoms with Gasteiger partial charge in [-0.2, -0.15) is 0 Å². The van der Waals surface area contributed by atoms with Gasteiger partial charge in [-0.1, -0.05) is 18.2 Å². The van der Waals surface area contributed by atoms with Gasteiger partial charge in [-0.15, -0.1) is 0 Å². The first kappa shape index (κ1) is 20.9. The molecular formula is C20H20F2N2O4S.